The molecule has 142 valence electrons. The summed E-state index contributed by atoms with van der Waals surface area (Å²) in [5.74, 6) is -0.241. The maximum absolute atomic E-state index is 12.7. The van der Waals surface area contributed by atoms with Crippen LogP contribution in [0.15, 0.2) is 18.2 Å². The first-order chi connectivity index (χ1) is 12.2. The van der Waals surface area contributed by atoms with Crippen molar-refractivity contribution in [1.29, 1.82) is 0 Å². The average molecular weight is 378 g/mol. The standard InChI is InChI=1S/C20H28ClN3O2/c1-20(2,3)11-18(25)23-14-6-7-17(21)16(10-14)19(26)24-15-8-12-4-5-13(9-15)22-12/h6-7,10,12-13,15,22H,4-5,8-9,11H2,1-3H3,(H,23,25)(H,24,26)/t12-,13+,15?. The van der Waals surface area contributed by atoms with Gasteiger partial charge in [-0.25, -0.2) is 0 Å². The molecule has 1 aromatic carbocycles. The first-order valence-corrected chi connectivity index (χ1v) is 9.74. The quantitative estimate of drug-likeness (QED) is 0.748. The van der Waals surface area contributed by atoms with Crippen LogP contribution in [0.1, 0.15) is 63.2 Å². The van der Waals surface area contributed by atoms with Crippen LogP contribution in [0.4, 0.5) is 5.69 Å². The largest absolute Gasteiger partial charge is 0.349 e. The Kier molecular flexibility index (Phi) is 5.58. The van der Waals surface area contributed by atoms with Crippen molar-refractivity contribution in [1.82, 2.24) is 10.6 Å². The van der Waals surface area contributed by atoms with Crippen LogP contribution in [0.5, 0.6) is 0 Å². The Hall–Kier alpha value is -1.59. The predicted molar refractivity (Wildman–Crippen MR) is 105 cm³/mol. The van der Waals surface area contributed by atoms with Crippen molar-refractivity contribution in [3.05, 3.63) is 28.8 Å². The first kappa shape index (κ1) is 19.2. The summed E-state index contributed by atoms with van der Waals surface area (Å²) in [6.07, 6.45) is 4.71. The van der Waals surface area contributed by atoms with Gasteiger partial charge in [0.25, 0.3) is 5.91 Å². The smallest absolute Gasteiger partial charge is 0.253 e. The highest BCUT2D eigenvalue weighted by atomic mass is 35.5. The highest BCUT2D eigenvalue weighted by Gasteiger charge is 2.34. The van der Waals surface area contributed by atoms with E-state index in [2.05, 4.69) is 16.0 Å². The van der Waals surface area contributed by atoms with E-state index in [-0.39, 0.29) is 23.3 Å². The molecule has 6 heteroatoms. The number of hydrogen-bond donors (Lipinski definition) is 3. The highest BCUT2D eigenvalue weighted by Crippen LogP contribution is 2.28. The lowest BCUT2D eigenvalue weighted by atomic mass is 9.92. The molecule has 3 atom stereocenters. The summed E-state index contributed by atoms with van der Waals surface area (Å²) in [5.41, 5.74) is 0.913. The molecule has 2 saturated heterocycles. The van der Waals surface area contributed by atoms with Gasteiger partial charge < -0.3 is 16.0 Å². The number of rotatable bonds is 4. The molecule has 0 spiro atoms. The van der Waals surface area contributed by atoms with Gasteiger partial charge in [0, 0.05) is 30.2 Å². The number of carbonyl (C=O) groups excluding carboxylic acids is 2. The molecule has 2 aliphatic heterocycles. The summed E-state index contributed by atoms with van der Waals surface area (Å²) in [6, 6.07) is 6.25. The second kappa shape index (κ2) is 7.57. The number of carbonyl (C=O) groups is 2. The predicted octanol–water partition coefficient (Wildman–Crippen LogP) is 3.73. The molecule has 2 aliphatic rings. The third kappa shape index (κ3) is 4.98. The second-order valence-electron chi connectivity index (χ2n) is 8.76. The van der Waals surface area contributed by atoms with Crippen molar-refractivity contribution in [2.24, 2.45) is 5.41 Å². The normalized spacial score (nSPS) is 25.0. The number of nitrogens with one attached hydrogen (secondary N) is 3. The molecule has 2 heterocycles. The Morgan fingerprint density at radius 3 is 2.46 bits per heavy atom. The molecule has 0 radical (unpaired) electrons. The number of anilines is 1. The van der Waals surface area contributed by atoms with E-state index in [9.17, 15) is 9.59 Å². The third-order valence-corrected chi connectivity index (χ3v) is 5.32. The lowest BCUT2D eigenvalue weighted by molar-refractivity contribution is -0.117. The zero-order chi connectivity index (χ0) is 18.9. The van der Waals surface area contributed by atoms with Crippen LogP contribution in [-0.4, -0.2) is 29.9 Å². The van der Waals surface area contributed by atoms with Crippen molar-refractivity contribution < 1.29 is 9.59 Å². The minimum atomic E-state index is -0.173. The fraction of sp³-hybridized carbons (Fsp3) is 0.600. The van der Waals surface area contributed by atoms with Gasteiger partial charge in [0.2, 0.25) is 5.91 Å². The lowest BCUT2D eigenvalue weighted by Crippen LogP contribution is -2.48. The van der Waals surface area contributed by atoms with Gasteiger partial charge in [-0.1, -0.05) is 32.4 Å². The Labute approximate surface area is 160 Å². The summed E-state index contributed by atoms with van der Waals surface area (Å²) in [6.45, 7) is 6.04. The molecule has 0 aromatic heterocycles. The summed E-state index contributed by atoms with van der Waals surface area (Å²) >= 11 is 6.24. The van der Waals surface area contributed by atoms with E-state index >= 15 is 0 Å². The molecule has 0 aliphatic carbocycles. The maximum Gasteiger partial charge on any atom is 0.253 e. The zero-order valence-electron chi connectivity index (χ0n) is 15.7. The molecule has 1 aromatic rings. The SMILES string of the molecule is CC(C)(C)CC(=O)Nc1ccc(Cl)c(C(=O)NC2C[C@H]3CC[C@@H](C2)N3)c1. The Balaban J connectivity index is 1.65. The summed E-state index contributed by atoms with van der Waals surface area (Å²) < 4.78 is 0. The Morgan fingerprint density at radius 2 is 1.85 bits per heavy atom. The van der Waals surface area contributed by atoms with Crippen molar-refractivity contribution in [3.8, 4) is 0 Å². The van der Waals surface area contributed by atoms with Gasteiger partial charge in [-0.15, -0.1) is 0 Å². The van der Waals surface area contributed by atoms with Gasteiger partial charge in [-0.3, -0.25) is 9.59 Å². The van der Waals surface area contributed by atoms with Gasteiger partial charge in [-0.05, 0) is 49.3 Å². The zero-order valence-corrected chi connectivity index (χ0v) is 16.5. The van der Waals surface area contributed by atoms with Crippen LogP contribution in [0.3, 0.4) is 0 Å². The van der Waals surface area contributed by atoms with Gasteiger partial charge in [-0.2, -0.15) is 0 Å². The molecular weight excluding hydrogens is 350 g/mol. The summed E-state index contributed by atoms with van der Waals surface area (Å²) in [7, 11) is 0. The molecule has 2 fully saturated rings. The monoisotopic (exact) mass is 377 g/mol. The molecule has 3 rings (SSSR count). The van der Waals surface area contributed by atoms with Crippen LogP contribution in [0.25, 0.3) is 0 Å². The van der Waals surface area contributed by atoms with Crippen molar-refractivity contribution in [2.45, 2.75) is 71.0 Å². The fourth-order valence-corrected chi connectivity index (χ4v) is 4.11. The third-order valence-electron chi connectivity index (χ3n) is 4.99. The van der Waals surface area contributed by atoms with Gasteiger partial charge in [0.1, 0.15) is 0 Å². The molecule has 2 bridgehead atoms. The number of halogens is 1. The van der Waals surface area contributed by atoms with Crippen LogP contribution < -0.4 is 16.0 Å². The molecule has 1 unspecified atom stereocenters. The van der Waals surface area contributed by atoms with E-state index in [0.717, 1.165) is 12.8 Å². The fourth-order valence-electron chi connectivity index (χ4n) is 3.90. The number of fused-ring (bicyclic) bond motifs is 2. The van der Waals surface area contributed by atoms with Crippen LogP contribution >= 0.6 is 11.6 Å². The minimum Gasteiger partial charge on any atom is -0.349 e. The van der Waals surface area contributed by atoms with Crippen LogP contribution in [-0.2, 0) is 4.79 Å². The van der Waals surface area contributed by atoms with E-state index in [4.69, 9.17) is 11.6 Å². The second-order valence-corrected chi connectivity index (χ2v) is 9.17. The first-order valence-electron chi connectivity index (χ1n) is 9.36. The van der Waals surface area contributed by atoms with Gasteiger partial charge in [0.05, 0.1) is 10.6 Å². The van der Waals surface area contributed by atoms with Gasteiger partial charge in [0.15, 0.2) is 0 Å². The average Bonchev–Trinajstić information content (AvgIpc) is 2.86. The summed E-state index contributed by atoms with van der Waals surface area (Å²) in [5, 5.41) is 9.95. The summed E-state index contributed by atoms with van der Waals surface area (Å²) in [4.78, 5) is 24.8. The molecular formula is C20H28ClN3O2. The number of benzene rings is 1. The van der Waals surface area contributed by atoms with Crippen molar-refractivity contribution in [3.63, 3.8) is 0 Å². The lowest BCUT2D eigenvalue weighted by Gasteiger charge is -2.29. The number of hydrogen-bond acceptors (Lipinski definition) is 3. The highest BCUT2D eigenvalue weighted by molar-refractivity contribution is 6.34. The van der Waals surface area contributed by atoms with Gasteiger partial charge >= 0.3 is 0 Å². The number of piperidine rings is 1. The Morgan fingerprint density at radius 1 is 1.19 bits per heavy atom. The molecule has 2 amide bonds. The maximum atomic E-state index is 12.7. The van der Waals surface area contributed by atoms with E-state index in [1.54, 1.807) is 18.2 Å². The Bertz CT molecular complexity index is 687. The van der Waals surface area contributed by atoms with E-state index < -0.39 is 0 Å². The van der Waals surface area contributed by atoms with Crippen molar-refractivity contribution >= 4 is 29.1 Å². The molecule has 0 saturated carbocycles. The van der Waals surface area contributed by atoms with Crippen molar-refractivity contribution in [2.75, 3.05) is 5.32 Å². The number of amides is 2. The van der Waals surface area contributed by atoms with E-state index in [1.807, 2.05) is 20.8 Å². The topological polar surface area (TPSA) is 70.2 Å². The molecule has 26 heavy (non-hydrogen) atoms. The van der Waals surface area contributed by atoms with E-state index in [0.29, 0.717) is 34.8 Å². The van der Waals surface area contributed by atoms with Crippen LogP contribution in [0.2, 0.25) is 5.02 Å². The van der Waals surface area contributed by atoms with E-state index in [1.165, 1.54) is 12.8 Å². The molecule has 3 N–H and O–H groups in total. The minimum absolute atomic E-state index is 0.0684. The molecule has 5 nitrogen and oxygen atoms in total. The van der Waals surface area contributed by atoms with Crippen LogP contribution in [0, 0.1) is 5.41 Å².